The molecule has 0 aliphatic heterocycles. The van der Waals surface area contributed by atoms with Gasteiger partial charge in [0.1, 0.15) is 42.9 Å². The molecule has 238 valence electrons. The largest absolute Gasteiger partial charge is 0.496 e. The van der Waals surface area contributed by atoms with Crippen molar-refractivity contribution in [1.29, 1.82) is 0 Å². The lowest BCUT2D eigenvalue weighted by molar-refractivity contribution is -0.127. The third-order valence-corrected chi connectivity index (χ3v) is 9.47. The Bertz CT molecular complexity index is 1910. The second-order valence-electron chi connectivity index (χ2n) is 11.5. The standard InChI is InChI=1S/C29H36FN5O7S2/c1-17(2)14-23(36)29(4,5)34-25(37)24-18(3)26(35-31-10-11-32-35)43-27(24)33(28(34)38)16-22(42-12-13-44(7,39)40)20-15-19(30)8-9-21(20)41-6/h8-11,15,17,22H,12-14,16H2,1-7H3/t22-/m0/s1. The highest BCUT2D eigenvalue weighted by Gasteiger charge is 2.36. The van der Waals surface area contributed by atoms with Gasteiger partial charge in [0.05, 0.1) is 43.8 Å². The first-order valence-corrected chi connectivity index (χ1v) is 16.8. The van der Waals surface area contributed by atoms with Crippen LogP contribution in [0.3, 0.4) is 0 Å². The molecule has 0 aliphatic rings. The zero-order chi connectivity index (χ0) is 32.6. The lowest BCUT2D eigenvalue weighted by Crippen LogP contribution is -2.53. The molecule has 0 bridgehead atoms. The third kappa shape index (κ3) is 6.69. The maximum atomic E-state index is 14.5. The molecule has 0 saturated carbocycles. The summed E-state index contributed by atoms with van der Waals surface area (Å²) in [6, 6.07) is 3.80. The number of thiophene rings is 1. The predicted octanol–water partition coefficient (Wildman–Crippen LogP) is 3.41. The van der Waals surface area contributed by atoms with Crippen molar-refractivity contribution in [1.82, 2.24) is 24.1 Å². The van der Waals surface area contributed by atoms with Crippen LogP contribution in [0.1, 0.15) is 51.3 Å². The van der Waals surface area contributed by atoms with Gasteiger partial charge in [-0.15, -0.1) is 4.80 Å². The molecule has 12 nitrogen and oxygen atoms in total. The first-order chi connectivity index (χ1) is 20.6. The van der Waals surface area contributed by atoms with Crippen molar-refractivity contribution in [3.05, 3.63) is 68.4 Å². The van der Waals surface area contributed by atoms with Crippen LogP contribution in [-0.4, -0.2) is 64.1 Å². The Balaban J connectivity index is 2.02. The Morgan fingerprint density at radius 3 is 2.41 bits per heavy atom. The Labute approximate surface area is 257 Å². The van der Waals surface area contributed by atoms with E-state index in [-0.39, 0.29) is 58.6 Å². The van der Waals surface area contributed by atoms with Gasteiger partial charge < -0.3 is 9.47 Å². The van der Waals surface area contributed by atoms with E-state index in [1.165, 1.54) is 60.9 Å². The van der Waals surface area contributed by atoms with Gasteiger partial charge in [-0.1, -0.05) is 25.2 Å². The van der Waals surface area contributed by atoms with Crippen LogP contribution in [0.2, 0.25) is 0 Å². The number of sulfone groups is 1. The smallest absolute Gasteiger partial charge is 0.333 e. The number of ether oxygens (including phenoxy) is 2. The van der Waals surface area contributed by atoms with Crippen LogP contribution in [0.5, 0.6) is 5.75 Å². The molecule has 44 heavy (non-hydrogen) atoms. The highest BCUT2D eigenvalue weighted by atomic mass is 32.2. The molecule has 1 aromatic carbocycles. The summed E-state index contributed by atoms with van der Waals surface area (Å²) in [5, 5.41) is 9.05. The van der Waals surface area contributed by atoms with Crippen LogP contribution in [0.25, 0.3) is 15.2 Å². The molecule has 0 fully saturated rings. The van der Waals surface area contributed by atoms with Crippen LogP contribution < -0.4 is 16.0 Å². The fourth-order valence-electron chi connectivity index (χ4n) is 4.95. The van der Waals surface area contributed by atoms with Gasteiger partial charge in [-0.3, -0.25) is 14.2 Å². The Morgan fingerprint density at radius 1 is 1.16 bits per heavy atom. The minimum atomic E-state index is -3.42. The number of rotatable bonds is 13. The van der Waals surface area contributed by atoms with E-state index in [9.17, 15) is 27.2 Å². The Hall–Kier alpha value is -3.69. The second-order valence-corrected chi connectivity index (χ2v) is 14.8. The topological polar surface area (TPSA) is 144 Å². The van der Waals surface area contributed by atoms with Gasteiger partial charge in [0.15, 0.2) is 5.78 Å². The molecule has 4 aromatic rings. The zero-order valence-electron chi connectivity index (χ0n) is 25.7. The second kappa shape index (κ2) is 12.7. The monoisotopic (exact) mass is 649 g/mol. The van der Waals surface area contributed by atoms with E-state index >= 15 is 0 Å². The highest BCUT2D eigenvalue weighted by molar-refractivity contribution is 7.90. The molecule has 3 heterocycles. The summed E-state index contributed by atoms with van der Waals surface area (Å²) >= 11 is 1.10. The van der Waals surface area contributed by atoms with Gasteiger partial charge in [-0.25, -0.2) is 22.2 Å². The summed E-state index contributed by atoms with van der Waals surface area (Å²) in [7, 11) is -2.02. The van der Waals surface area contributed by atoms with Gasteiger partial charge in [0.2, 0.25) is 0 Å². The van der Waals surface area contributed by atoms with Gasteiger partial charge in [0, 0.05) is 23.8 Å². The summed E-state index contributed by atoms with van der Waals surface area (Å²) in [6.07, 6.45) is 3.07. The molecule has 0 unspecified atom stereocenters. The number of benzene rings is 1. The summed E-state index contributed by atoms with van der Waals surface area (Å²) < 4.78 is 52.0. The van der Waals surface area contributed by atoms with Crippen molar-refractivity contribution in [2.45, 2.75) is 59.2 Å². The van der Waals surface area contributed by atoms with Crippen molar-refractivity contribution in [2.24, 2.45) is 5.92 Å². The van der Waals surface area contributed by atoms with Gasteiger partial charge in [0.25, 0.3) is 5.56 Å². The Kier molecular flexibility index (Phi) is 9.61. The number of nitrogens with zero attached hydrogens (tertiary/aromatic N) is 5. The molecule has 3 aromatic heterocycles. The number of carbonyl (C=O) groups is 1. The minimum absolute atomic E-state index is 0.0168. The Morgan fingerprint density at radius 2 is 1.82 bits per heavy atom. The van der Waals surface area contributed by atoms with E-state index < -0.39 is 38.5 Å². The van der Waals surface area contributed by atoms with Crippen LogP contribution in [-0.2, 0) is 31.5 Å². The van der Waals surface area contributed by atoms with Crippen molar-refractivity contribution < 1.29 is 27.1 Å². The summed E-state index contributed by atoms with van der Waals surface area (Å²) in [5.41, 5.74) is -2.21. The van der Waals surface area contributed by atoms with E-state index in [1.54, 1.807) is 6.92 Å². The molecule has 0 saturated heterocycles. The van der Waals surface area contributed by atoms with Gasteiger partial charge >= 0.3 is 5.69 Å². The third-order valence-electron chi connectivity index (χ3n) is 7.28. The molecule has 0 amide bonds. The van der Waals surface area contributed by atoms with E-state index in [4.69, 9.17) is 9.47 Å². The molecule has 15 heteroatoms. The number of aromatic nitrogens is 5. The van der Waals surface area contributed by atoms with Crippen LogP contribution in [0.4, 0.5) is 4.39 Å². The van der Waals surface area contributed by atoms with E-state index in [0.29, 0.717) is 10.6 Å². The summed E-state index contributed by atoms with van der Waals surface area (Å²) in [6.45, 7) is 7.99. The lowest BCUT2D eigenvalue weighted by Gasteiger charge is -2.28. The maximum absolute atomic E-state index is 14.5. The van der Waals surface area contributed by atoms with Crippen molar-refractivity contribution >= 4 is 37.2 Å². The molecule has 0 spiro atoms. The number of hydrogen-bond donors (Lipinski definition) is 0. The van der Waals surface area contributed by atoms with Crippen molar-refractivity contribution in [3.63, 3.8) is 0 Å². The lowest BCUT2D eigenvalue weighted by atomic mass is 9.91. The molecule has 1 atom stereocenters. The fourth-order valence-corrected chi connectivity index (χ4v) is 6.57. The van der Waals surface area contributed by atoms with Crippen LogP contribution in [0, 0.1) is 18.7 Å². The summed E-state index contributed by atoms with van der Waals surface area (Å²) in [5.74, 6) is -0.984. The molecular formula is C29H36FN5O7S2. The minimum Gasteiger partial charge on any atom is -0.496 e. The van der Waals surface area contributed by atoms with E-state index in [2.05, 4.69) is 10.2 Å². The number of halogens is 1. The number of ketones is 1. The molecule has 0 radical (unpaired) electrons. The number of methoxy groups -OCH3 is 1. The first kappa shape index (κ1) is 33.2. The maximum Gasteiger partial charge on any atom is 0.333 e. The fraction of sp³-hybridized carbons (Fsp3) is 0.483. The molecular weight excluding hydrogens is 613 g/mol. The number of fused-ring (bicyclic) bond motifs is 1. The zero-order valence-corrected chi connectivity index (χ0v) is 27.3. The molecule has 4 rings (SSSR count). The number of Topliss-reactive ketones (excluding diaryl/α,β-unsaturated/α-hetero) is 1. The highest BCUT2D eigenvalue weighted by Crippen LogP contribution is 2.34. The average molecular weight is 650 g/mol. The summed E-state index contributed by atoms with van der Waals surface area (Å²) in [4.78, 5) is 43.5. The first-order valence-electron chi connectivity index (χ1n) is 13.9. The normalized spacial score (nSPS) is 13.1. The average Bonchev–Trinajstić information content (AvgIpc) is 3.57. The molecule has 0 N–H and O–H groups in total. The predicted molar refractivity (Wildman–Crippen MR) is 165 cm³/mol. The number of carbonyl (C=O) groups excluding carboxylic acids is 1. The SMILES string of the molecule is COc1ccc(F)cc1[C@H](Cn1c(=O)n(C(C)(C)C(=O)CC(C)C)c(=O)c2c(C)c(-n3nccn3)sc21)OCCS(C)(=O)=O. The van der Waals surface area contributed by atoms with Crippen LogP contribution >= 0.6 is 11.3 Å². The number of aryl methyl sites for hydroxylation is 1. The number of hydrogen-bond acceptors (Lipinski definition) is 10. The molecule has 0 aliphatic carbocycles. The van der Waals surface area contributed by atoms with Gasteiger partial charge in [-0.05, 0) is 44.9 Å². The van der Waals surface area contributed by atoms with Crippen molar-refractivity contribution in [2.75, 3.05) is 25.7 Å². The quantitative estimate of drug-likeness (QED) is 0.213. The van der Waals surface area contributed by atoms with Gasteiger partial charge in [-0.2, -0.15) is 10.2 Å². The van der Waals surface area contributed by atoms with Crippen molar-refractivity contribution in [3.8, 4) is 10.8 Å². The van der Waals surface area contributed by atoms with Crippen LogP contribution in [0.15, 0.2) is 40.2 Å². The van der Waals surface area contributed by atoms with E-state index in [1.807, 2.05) is 13.8 Å². The van der Waals surface area contributed by atoms with E-state index in [0.717, 1.165) is 22.2 Å².